The first kappa shape index (κ1) is 40.2. The molecule has 0 aromatic carbocycles. The number of hydrogen-bond donors (Lipinski definition) is 0. The number of rotatable bonds is 34. The number of carbonyl (C=O) groups excluding carboxylic acids is 2. The molecule has 2 nitrogen and oxygen atoms in total. The second-order valence-electron chi connectivity index (χ2n) is 12.6. The zero-order chi connectivity index (χ0) is 29.4. The maximum absolute atomic E-state index is 12.5. The Morgan fingerprint density at radius 1 is 0.350 bits per heavy atom. The first-order valence-corrected chi connectivity index (χ1v) is 21.2. The zero-order valence-electron chi connectivity index (χ0n) is 27.5. The first-order chi connectivity index (χ1) is 19.6. The van der Waals surface area contributed by atoms with Gasteiger partial charge < -0.3 is 0 Å². The van der Waals surface area contributed by atoms with Crippen molar-refractivity contribution in [1.82, 2.24) is 0 Å². The molecule has 0 aromatic heterocycles. The minimum atomic E-state index is -1.15. The molecule has 0 aliphatic carbocycles. The highest BCUT2D eigenvalue weighted by atomic mass is 32.0. The third-order valence-corrected chi connectivity index (χ3v) is 11.8. The molecule has 0 amide bonds. The minimum absolute atomic E-state index is 0.209. The molecule has 40 heavy (non-hydrogen) atoms. The van der Waals surface area contributed by atoms with Crippen molar-refractivity contribution in [3.63, 3.8) is 0 Å². The summed E-state index contributed by atoms with van der Waals surface area (Å²) in [4.78, 5) is 24.9. The van der Waals surface area contributed by atoms with Crippen LogP contribution in [-0.2, 0) is 9.59 Å². The molecule has 0 rings (SSSR count). The summed E-state index contributed by atoms with van der Waals surface area (Å²) in [6, 6.07) is 0. The fourth-order valence-electron chi connectivity index (χ4n) is 5.68. The van der Waals surface area contributed by atoms with Gasteiger partial charge in [0, 0.05) is 12.8 Å². The normalized spacial score (nSPS) is 11.5. The average molecular weight is 599 g/mol. The molecule has 0 aliphatic heterocycles. The third kappa shape index (κ3) is 29.7. The standard InChI is InChI=1S/C36H72O2P2/c1-3-5-7-9-11-13-15-17-19-21-23-25-27-29-31-33-35(37)40(39)36(38)34-32-30-28-26-24-22-20-18-16-14-12-10-8-6-4-2/h3-34,39H2,1-2H3. The van der Waals surface area contributed by atoms with Crippen LogP contribution < -0.4 is 0 Å². The van der Waals surface area contributed by atoms with E-state index in [4.69, 9.17) is 0 Å². The predicted molar refractivity (Wildman–Crippen MR) is 186 cm³/mol. The van der Waals surface area contributed by atoms with Gasteiger partial charge in [-0.3, -0.25) is 9.59 Å². The van der Waals surface area contributed by atoms with Crippen molar-refractivity contribution >= 4 is 27.6 Å². The van der Waals surface area contributed by atoms with Gasteiger partial charge in [0.1, 0.15) is 0 Å². The summed E-state index contributed by atoms with van der Waals surface area (Å²) in [5.41, 5.74) is 0.418. The summed E-state index contributed by atoms with van der Waals surface area (Å²) in [5, 5.41) is 0. The van der Waals surface area contributed by atoms with Crippen molar-refractivity contribution in [2.45, 2.75) is 219 Å². The van der Waals surface area contributed by atoms with Crippen LogP contribution in [0.4, 0.5) is 0 Å². The Bertz CT molecular complexity index is 491. The van der Waals surface area contributed by atoms with Gasteiger partial charge in [0.25, 0.3) is 0 Å². The molecule has 0 saturated carbocycles. The van der Waals surface area contributed by atoms with Crippen molar-refractivity contribution in [1.29, 1.82) is 0 Å². The van der Waals surface area contributed by atoms with Crippen LogP contribution in [0.25, 0.3) is 0 Å². The lowest BCUT2D eigenvalue weighted by molar-refractivity contribution is -0.114. The lowest BCUT2D eigenvalue weighted by Crippen LogP contribution is -2.01. The van der Waals surface area contributed by atoms with Gasteiger partial charge in [0.2, 0.25) is 0 Å². The second-order valence-corrected chi connectivity index (χ2v) is 15.8. The lowest BCUT2D eigenvalue weighted by atomic mass is 10.0. The lowest BCUT2D eigenvalue weighted by Gasteiger charge is -2.09. The molecule has 0 bridgehead atoms. The predicted octanol–water partition coefficient (Wildman–Crippen LogP) is 13.8. The van der Waals surface area contributed by atoms with Crippen LogP contribution in [0.2, 0.25) is 0 Å². The fraction of sp³-hybridized carbons (Fsp3) is 0.944. The summed E-state index contributed by atoms with van der Waals surface area (Å²) in [5.74, 6) is 0. The number of unbranched alkanes of at least 4 members (excludes halogenated alkanes) is 28. The molecule has 0 fully saturated rings. The molecule has 1 unspecified atom stereocenters. The molecule has 4 heteroatoms. The van der Waals surface area contributed by atoms with E-state index in [1.807, 2.05) is 0 Å². The molecule has 0 spiro atoms. The summed E-state index contributed by atoms with van der Waals surface area (Å²) in [6.07, 6.45) is 41.4. The van der Waals surface area contributed by atoms with Gasteiger partial charge in [-0.1, -0.05) is 203 Å². The molecule has 0 N–H and O–H groups in total. The largest absolute Gasteiger partial charge is 0.294 e. The van der Waals surface area contributed by atoms with E-state index in [2.05, 4.69) is 22.8 Å². The van der Waals surface area contributed by atoms with Gasteiger partial charge in [-0.25, -0.2) is 0 Å². The van der Waals surface area contributed by atoms with Crippen molar-refractivity contribution in [2.75, 3.05) is 0 Å². The number of carbonyl (C=O) groups is 2. The molecular weight excluding hydrogens is 526 g/mol. The molecule has 1 atom stereocenters. The van der Waals surface area contributed by atoms with E-state index >= 15 is 0 Å². The van der Waals surface area contributed by atoms with Crippen molar-refractivity contribution in [2.24, 2.45) is 0 Å². The summed E-state index contributed by atoms with van der Waals surface area (Å²) in [6.45, 7) is 4.57. The third-order valence-electron chi connectivity index (χ3n) is 8.53. The molecule has 238 valence electrons. The number of hydrogen-bond acceptors (Lipinski definition) is 2. The summed E-state index contributed by atoms with van der Waals surface area (Å²) >= 11 is 0. The Morgan fingerprint density at radius 3 is 0.725 bits per heavy atom. The van der Waals surface area contributed by atoms with Crippen LogP contribution in [0.5, 0.6) is 0 Å². The molecule has 0 saturated heterocycles. The molecular formula is C36H72O2P2. The molecule has 0 aliphatic rings. The maximum Gasteiger partial charge on any atom is 0.165 e. The highest BCUT2D eigenvalue weighted by molar-refractivity contribution is 8.30. The quantitative estimate of drug-likeness (QED) is 0.0545. The topological polar surface area (TPSA) is 34.1 Å². The van der Waals surface area contributed by atoms with Crippen LogP contribution in [0, 0.1) is 0 Å². The smallest absolute Gasteiger partial charge is 0.165 e. The van der Waals surface area contributed by atoms with E-state index in [0.717, 1.165) is 25.7 Å². The molecule has 0 radical (unpaired) electrons. The average Bonchev–Trinajstić information content (AvgIpc) is 2.96. The monoisotopic (exact) mass is 599 g/mol. The maximum atomic E-state index is 12.5. The first-order valence-electron chi connectivity index (χ1n) is 18.2. The van der Waals surface area contributed by atoms with Crippen LogP contribution in [0.1, 0.15) is 219 Å². The fourth-order valence-corrected chi connectivity index (χ4v) is 7.53. The Balaban J connectivity index is 3.41. The van der Waals surface area contributed by atoms with E-state index < -0.39 is 7.61 Å². The van der Waals surface area contributed by atoms with Gasteiger partial charge in [-0.2, -0.15) is 0 Å². The summed E-state index contributed by atoms with van der Waals surface area (Å²) < 4.78 is 0. The van der Waals surface area contributed by atoms with E-state index in [0.29, 0.717) is 12.8 Å². The SMILES string of the molecule is CCCCCCCCCCCCCCCCCC(=O)P(P)C(=O)CCCCCCCCCCCCCCCCC. The van der Waals surface area contributed by atoms with Gasteiger partial charge in [0.05, 0.1) is 7.61 Å². The van der Waals surface area contributed by atoms with Crippen LogP contribution in [-0.4, -0.2) is 11.0 Å². The van der Waals surface area contributed by atoms with Crippen molar-refractivity contribution < 1.29 is 9.59 Å². The zero-order valence-corrected chi connectivity index (χ0v) is 29.5. The molecule has 0 heterocycles. The molecule has 0 aromatic rings. The second kappa shape index (κ2) is 33.7. The van der Waals surface area contributed by atoms with Crippen LogP contribution >= 0.6 is 16.5 Å². The Morgan fingerprint density at radius 2 is 0.525 bits per heavy atom. The van der Waals surface area contributed by atoms with Crippen molar-refractivity contribution in [3.05, 3.63) is 0 Å². The van der Waals surface area contributed by atoms with Crippen LogP contribution in [0.3, 0.4) is 0 Å². The highest BCUT2D eigenvalue weighted by Gasteiger charge is 2.20. The Hall–Kier alpha value is 0.200. The van der Waals surface area contributed by atoms with Gasteiger partial charge in [0.15, 0.2) is 11.0 Å². The van der Waals surface area contributed by atoms with Crippen molar-refractivity contribution in [3.8, 4) is 0 Å². The van der Waals surface area contributed by atoms with E-state index in [1.165, 1.54) is 167 Å². The Labute approximate surface area is 256 Å². The van der Waals surface area contributed by atoms with Gasteiger partial charge in [-0.05, 0) is 12.8 Å². The summed E-state index contributed by atoms with van der Waals surface area (Å²) in [7, 11) is 1.45. The van der Waals surface area contributed by atoms with E-state index in [-0.39, 0.29) is 11.0 Å². The van der Waals surface area contributed by atoms with E-state index in [9.17, 15) is 9.59 Å². The van der Waals surface area contributed by atoms with E-state index in [1.54, 1.807) is 0 Å². The highest BCUT2D eigenvalue weighted by Crippen LogP contribution is 2.48. The van der Waals surface area contributed by atoms with Crippen LogP contribution in [0.15, 0.2) is 0 Å². The Kier molecular flexibility index (Phi) is 33.9. The minimum Gasteiger partial charge on any atom is -0.294 e. The van der Waals surface area contributed by atoms with Gasteiger partial charge >= 0.3 is 0 Å². The van der Waals surface area contributed by atoms with Gasteiger partial charge in [-0.15, -0.1) is 0 Å².